The number of aliphatic hydroxyl groups is 1. The van der Waals surface area contributed by atoms with E-state index in [1.54, 1.807) is 26.0 Å². The highest BCUT2D eigenvalue weighted by atomic mass is 16.6. The van der Waals surface area contributed by atoms with Crippen LogP contribution in [0.25, 0.3) is 0 Å². The van der Waals surface area contributed by atoms with Crippen molar-refractivity contribution in [1.29, 1.82) is 0 Å². The number of fused-ring (bicyclic) bond motifs is 1. The van der Waals surface area contributed by atoms with Crippen LogP contribution in [0.1, 0.15) is 33.6 Å². The third kappa shape index (κ3) is 5.20. The Bertz CT molecular complexity index is 761. The topological polar surface area (TPSA) is 116 Å². The van der Waals surface area contributed by atoms with Crippen LogP contribution in [0.15, 0.2) is 35.5 Å². The third-order valence-electron chi connectivity index (χ3n) is 4.84. The second-order valence-electron chi connectivity index (χ2n) is 7.35. The summed E-state index contributed by atoms with van der Waals surface area (Å²) in [5, 5.41) is 9.62. The number of esters is 3. The van der Waals surface area contributed by atoms with Gasteiger partial charge in [-0.05, 0) is 24.5 Å². The maximum absolute atomic E-state index is 12.4. The Kier molecular flexibility index (Phi) is 7.50. The minimum absolute atomic E-state index is 0.0353. The fourth-order valence-corrected chi connectivity index (χ4v) is 3.33. The van der Waals surface area contributed by atoms with E-state index in [0.29, 0.717) is 24.7 Å². The number of hydrogen-bond donors (Lipinski definition) is 1. The van der Waals surface area contributed by atoms with E-state index < -0.39 is 48.1 Å². The number of aliphatic hydroxyl groups excluding tert-OH is 1. The standard InChI is InChI=1S/C21H26O8/c1-11(2)20(25)29-19-17-12(3)21(26)28-16(17)8-14(9-22)6-5-7-15(10-23)18(19)27-13(4)24/h7-8,10-11,16-19,22H,3,5-6,9H2,1-2,4H3/b14-8+,15-7-/t16-,17+,18+,19+/m1/s1. The molecule has 0 saturated carbocycles. The van der Waals surface area contributed by atoms with Gasteiger partial charge in [0.1, 0.15) is 12.4 Å². The average molecular weight is 406 g/mol. The predicted octanol–water partition coefficient (Wildman–Crippen LogP) is 1.42. The first kappa shape index (κ1) is 22.5. The van der Waals surface area contributed by atoms with Gasteiger partial charge < -0.3 is 19.3 Å². The molecule has 1 aliphatic heterocycles. The normalized spacial score (nSPS) is 30.9. The number of rotatable bonds is 5. The Morgan fingerprint density at radius 2 is 2.07 bits per heavy atom. The lowest BCUT2D eigenvalue weighted by Crippen LogP contribution is -2.45. The van der Waals surface area contributed by atoms with Gasteiger partial charge in [0, 0.05) is 18.1 Å². The summed E-state index contributed by atoms with van der Waals surface area (Å²) in [6, 6.07) is 0. The summed E-state index contributed by atoms with van der Waals surface area (Å²) in [5.41, 5.74) is 0.740. The van der Waals surface area contributed by atoms with Crippen LogP contribution in [-0.4, -0.2) is 54.2 Å². The van der Waals surface area contributed by atoms with Crippen molar-refractivity contribution < 1.29 is 38.5 Å². The molecule has 0 spiro atoms. The lowest BCUT2D eigenvalue weighted by Gasteiger charge is -2.33. The molecule has 8 heteroatoms. The van der Waals surface area contributed by atoms with Crippen LogP contribution in [-0.2, 0) is 33.4 Å². The highest BCUT2D eigenvalue weighted by molar-refractivity contribution is 5.91. The van der Waals surface area contributed by atoms with Gasteiger partial charge in [-0.1, -0.05) is 26.5 Å². The molecule has 2 aliphatic rings. The van der Waals surface area contributed by atoms with E-state index in [2.05, 4.69) is 6.58 Å². The summed E-state index contributed by atoms with van der Waals surface area (Å²) in [7, 11) is 0. The second kappa shape index (κ2) is 9.65. The van der Waals surface area contributed by atoms with Crippen molar-refractivity contribution in [3.05, 3.63) is 35.5 Å². The average Bonchev–Trinajstić information content (AvgIpc) is 2.93. The smallest absolute Gasteiger partial charge is 0.334 e. The molecule has 29 heavy (non-hydrogen) atoms. The summed E-state index contributed by atoms with van der Waals surface area (Å²) in [4.78, 5) is 48.2. The quantitative estimate of drug-likeness (QED) is 0.240. The van der Waals surface area contributed by atoms with E-state index in [0.717, 1.165) is 0 Å². The largest absolute Gasteiger partial charge is 0.457 e. The van der Waals surface area contributed by atoms with Crippen LogP contribution in [0, 0.1) is 11.8 Å². The number of carbonyl (C=O) groups is 4. The van der Waals surface area contributed by atoms with Gasteiger partial charge in [0.05, 0.1) is 18.4 Å². The van der Waals surface area contributed by atoms with Gasteiger partial charge in [0.15, 0.2) is 12.2 Å². The minimum Gasteiger partial charge on any atom is -0.457 e. The van der Waals surface area contributed by atoms with Gasteiger partial charge in [-0.2, -0.15) is 0 Å². The van der Waals surface area contributed by atoms with E-state index in [9.17, 15) is 24.3 Å². The van der Waals surface area contributed by atoms with Crippen LogP contribution in [0.3, 0.4) is 0 Å². The lowest BCUT2D eigenvalue weighted by atomic mass is 9.83. The molecule has 0 amide bonds. The highest BCUT2D eigenvalue weighted by Crippen LogP contribution is 2.37. The number of aldehydes is 1. The third-order valence-corrected chi connectivity index (χ3v) is 4.84. The molecule has 1 N–H and O–H groups in total. The fourth-order valence-electron chi connectivity index (χ4n) is 3.33. The van der Waals surface area contributed by atoms with Crippen LogP contribution >= 0.6 is 0 Å². The highest BCUT2D eigenvalue weighted by Gasteiger charge is 2.49. The van der Waals surface area contributed by atoms with Crippen molar-refractivity contribution in [3.8, 4) is 0 Å². The number of allylic oxidation sites excluding steroid dienone is 1. The Morgan fingerprint density at radius 3 is 2.62 bits per heavy atom. The summed E-state index contributed by atoms with van der Waals surface area (Å²) in [6.07, 6.45) is 1.16. The SMILES string of the molecule is C=C1C(=O)O[C@@H]2/C=C(/CO)CC/C=C(/C=O)[C@H](OC(C)=O)[C@@H](OC(=O)C(C)C)[C@@H]12. The Morgan fingerprint density at radius 1 is 1.38 bits per heavy atom. The maximum Gasteiger partial charge on any atom is 0.334 e. The zero-order chi connectivity index (χ0) is 21.7. The molecule has 0 aromatic carbocycles. The second-order valence-corrected chi connectivity index (χ2v) is 7.35. The lowest BCUT2D eigenvalue weighted by molar-refractivity contribution is -0.171. The van der Waals surface area contributed by atoms with E-state index >= 15 is 0 Å². The molecule has 2 rings (SSSR count). The Balaban J connectivity index is 2.63. The fraction of sp³-hybridized carbons (Fsp3) is 0.524. The molecule has 8 nitrogen and oxygen atoms in total. The van der Waals surface area contributed by atoms with Crippen LogP contribution in [0.2, 0.25) is 0 Å². The molecule has 158 valence electrons. The van der Waals surface area contributed by atoms with E-state index in [-0.39, 0.29) is 17.8 Å². The summed E-state index contributed by atoms with van der Waals surface area (Å²) in [6.45, 7) is 7.93. The molecule has 1 fully saturated rings. The zero-order valence-electron chi connectivity index (χ0n) is 16.8. The van der Waals surface area contributed by atoms with Crippen LogP contribution < -0.4 is 0 Å². The number of ether oxygens (including phenoxy) is 3. The summed E-state index contributed by atoms with van der Waals surface area (Å²) in [5.74, 6) is -3.34. The van der Waals surface area contributed by atoms with E-state index in [1.165, 1.54) is 6.92 Å². The molecule has 0 aromatic rings. The van der Waals surface area contributed by atoms with Crippen LogP contribution in [0.5, 0.6) is 0 Å². The van der Waals surface area contributed by atoms with Crippen molar-refractivity contribution in [2.75, 3.05) is 6.61 Å². The molecule has 1 saturated heterocycles. The van der Waals surface area contributed by atoms with Gasteiger partial charge >= 0.3 is 17.9 Å². The molecular formula is C21H26O8. The van der Waals surface area contributed by atoms with Gasteiger partial charge in [-0.15, -0.1) is 0 Å². The van der Waals surface area contributed by atoms with Crippen molar-refractivity contribution in [2.24, 2.45) is 11.8 Å². The van der Waals surface area contributed by atoms with Gasteiger partial charge in [0.25, 0.3) is 0 Å². The van der Waals surface area contributed by atoms with Gasteiger partial charge in [0.2, 0.25) is 0 Å². The van der Waals surface area contributed by atoms with Crippen molar-refractivity contribution in [2.45, 2.75) is 51.9 Å². The summed E-state index contributed by atoms with van der Waals surface area (Å²) < 4.78 is 16.4. The first-order valence-corrected chi connectivity index (χ1v) is 9.42. The van der Waals surface area contributed by atoms with Gasteiger partial charge in [-0.3, -0.25) is 14.4 Å². The molecule has 0 bridgehead atoms. The van der Waals surface area contributed by atoms with E-state index in [4.69, 9.17) is 14.2 Å². The number of hydrogen-bond acceptors (Lipinski definition) is 8. The zero-order valence-corrected chi connectivity index (χ0v) is 16.8. The van der Waals surface area contributed by atoms with Crippen molar-refractivity contribution >= 4 is 24.2 Å². The van der Waals surface area contributed by atoms with Crippen molar-refractivity contribution in [1.82, 2.24) is 0 Å². The molecule has 1 aliphatic carbocycles. The molecule has 0 aromatic heterocycles. The maximum atomic E-state index is 12.4. The predicted molar refractivity (Wildman–Crippen MR) is 101 cm³/mol. The molecular weight excluding hydrogens is 380 g/mol. The van der Waals surface area contributed by atoms with Gasteiger partial charge in [-0.25, -0.2) is 4.79 Å². The van der Waals surface area contributed by atoms with Crippen LogP contribution in [0.4, 0.5) is 0 Å². The Labute approximate surface area is 169 Å². The molecule has 0 unspecified atom stereocenters. The molecule has 0 radical (unpaired) electrons. The monoisotopic (exact) mass is 406 g/mol. The Hall–Kier alpha value is -2.74. The minimum atomic E-state index is -1.23. The van der Waals surface area contributed by atoms with E-state index in [1.807, 2.05) is 0 Å². The molecule has 4 atom stereocenters. The molecule has 1 heterocycles. The summed E-state index contributed by atoms with van der Waals surface area (Å²) >= 11 is 0. The van der Waals surface area contributed by atoms with Crippen molar-refractivity contribution in [3.63, 3.8) is 0 Å². The number of carbonyl (C=O) groups excluding carboxylic acids is 4. The first-order chi connectivity index (χ1) is 13.7. The first-order valence-electron chi connectivity index (χ1n) is 9.42.